The van der Waals surface area contributed by atoms with Crippen LogP contribution in [0, 0.1) is 0 Å². The SMILES string of the molecule is NS(=O)(=O)c1ccc(-c2nc3ccccc3n2-c2ccc(Sc3ccccc3)cc2)cc1. The predicted octanol–water partition coefficient (Wildman–Crippen LogP) is 5.49. The van der Waals surface area contributed by atoms with Crippen LogP contribution < -0.4 is 5.14 Å². The van der Waals surface area contributed by atoms with Gasteiger partial charge in [-0.05, 0) is 72.8 Å². The highest BCUT2D eigenvalue weighted by Crippen LogP contribution is 2.32. The molecule has 0 aliphatic rings. The van der Waals surface area contributed by atoms with Crippen molar-refractivity contribution in [1.29, 1.82) is 0 Å². The summed E-state index contributed by atoms with van der Waals surface area (Å²) >= 11 is 1.71. The van der Waals surface area contributed by atoms with Gasteiger partial charge in [0.05, 0.1) is 15.9 Å². The molecule has 0 spiro atoms. The second kappa shape index (κ2) is 8.27. The number of hydrogen-bond donors (Lipinski definition) is 1. The van der Waals surface area contributed by atoms with Gasteiger partial charge in [0.1, 0.15) is 5.82 Å². The van der Waals surface area contributed by atoms with E-state index in [1.807, 2.05) is 42.5 Å². The van der Waals surface area contributed by atoms with Gasteiger partial charge in [-0.3, -0.25) is 4.57 Å². The summed E-state index contributed by atoms with van der Waals surface area (Å²) in [4.78, 5) is 7.22. The van der Waals surface area contributed by atoms with E-state index < -0.39 is 10.0 Å². The molecule has 32 heavy (non-hydrogen) atoms. The van der Waals surface area contributed by atoms with Crippen LogP contribution in [0.2, 0.25) is 0 Å². The highest BCUT2D eigenvalue weighted by Gasteiger charge is 2.15. The van der Waals surface area contributed by atoms with Gasteiger partial charge in [-0.15, -0.1) is 0 Å². The Labute approximate surface area is 190 Å². The minimum Gasteiger partial charge on any atom is -0.292 e. The number of imidazole rings is 1. The summed E-state index contributed by atoms with van der Waals surface area (Å²) < 4.78 is 25.3. The van der Waals surface area contributed by atoms with E-state index in [1.165, 1.54) is 17.0 Å². The minimum atomic E-state index is -3.75. The van der Waals surface area contributed by atoms with Gasteiger partial charge in [-0.25, -0.2) is 18.5 Å². The normalized spacial score (nSPS) is 11.7. The Kier molecular flexibility index (Phi) is 5.30. The lowest BCUT2D eigenvalue weighted by atomic mass is 10.2. The number of primary sulfonamides is 1. The van der Waals surface area contributed by atoms with Crippen LogP contribution in [0.5, 0.6) is 0 Å². The van der Waals surface area contributed by atoms with Gasteiger partial charge in [0.15, 0.2) is 0 Å². The summed E-state index contributed by atoms with van der Waals surface area (Å²) in [6, 6.07) is 33.0. The molecule has 5 aromatic rings. The summed E-state index contributed by atoms with van der Waals surface area (Å²) in [5.74, 6) is 0.732. The topological polar surface area (TPSA) is 78.0 Å². The van der Waals surface area contributed by atoms with Crippen molar-refractivity contribution in [3.8, 4) is 17.1 Å². The summed E-state index contributed by atoms with van der Waals surface area (Å²) in [6.07, 6.45) is 0. The maximum atomic E-state index is 11.6. The standard InChI is InChI=1S/C25H19N3O2S2/c26-32(29,30)22-16-10-18(11-17-22)25-27-23-8-4-5-9-24(23)28(25)19-12-14-21(15-13-19)31-20-6-2-1-3-7-20/h1-17H,(H2,26,29,30). The van der Waals surface area contributed by atoms with Crippen molar-refractivity contribution in [2.45, 2.75) is 14.7 Å². The Morgan fingerprint density at radius 2 is 1.34 bits per heavy atom. The Bertz CT molecular complexity index is 1490. The number of nitrogens with zero attached hydrogens (tertiary/aromatic N) is 2. The molecule has 0 amide bonds. The molecule has 158 valence electrons. The molecule has 0 bridgehead atoms. The number of sulfonamides is 1. The third kappa shape index (κ3) is 4.05. The van der Waals surface area contributed by atoms with Crippen LogP contribution in [0.3, 0.4) is 0 Å². The smallest absolute Gasteiger partial charge is 0.238 e. The largest absolute Gasteiger partial charge is 0.292 e. The number of fused-ring (bicyclic) bond motifs is 1. The molecule has 4 aromatic carbocycles. The lowest BCUT2D eigenvalue weighted by Crippen LogP contribution is -2.11. The molecule has 0 atom stereocenters. The monoisotopic (exact) mass is 457 g/mol. The first-order chi connectivity index (χ1) is 15.5. The first-order valence-corrected chi connectivity index (χ1v) is 12.3. The van der Waals surface area contributed by atoms with Crippen molar-refractivity contribution in [1.82, 2.24) is 9.55 Å². The Morgan fingerprint density at radius 1 is 0.719 bits per heavy atom. The fourth-order valence-electron chi connectivity index (χ4n) is 3.56. The molecule has 7 heteroatoms. The van der Waals surface area contributed by atoms with E-state index in [2.05, 4.69) is 41.0 Å². The van der Waals surface area contributed by atoms with Crippen molar-refractivity contribution < 1.29 is 8.42 Å². The molecule has 1 heterocycles. The van der Waals surface area contributed by atoms with Crippen LogP contribution in [-0.2, 0) is 10.0 Å². The van der Waals surface area contributed by atoms with Gasteiger partial charge in [-0.2, -0.15) is 0 Å². The van der Waals surface area contributed by atoms with E-state index in [0.717, 1.165) is 33.0 Å². The molecule has 0 aliphatic carbocycles. The van der Waals surface area contributed by atoms with Crippen LogP contribution in [-0.4, -0.2) is 18.0 Å². The average Bonchev–Trinajstić information content (AvgIpc) is 3.19. The van der Waals surface area contributed by atoms with Gasteiger partial charge < -0.3 is 0 Å². The van der Waals surface area contributed by atoms with E-state index in [9.17, 15) is 8.42 Å². The van der Waals surface area contributed by atoms with Crippen LogP contribution in [0.4, 0.5) is 0 Å². The predicted molar refractivity (Wildman–Crippen MR) is 128 cm³/mol. The summed E-state index contributed by atoms with van der Waals surface area (Å²) in [7, 11) is -3.75. The van der Waals surface area contributed by atoms with Gasteiger partial charge in [0, 0.05) is 21.0 Å². The van der Waals surface area contributed by atoms with Crippen molar-refractivity contribution >= 4 is 32.8 Å². The lowest BCUT2D eigenvalue weighted by molar-refractivity contribution is 0.598. The Morgan fingerprint density at radius 3 is 2.03 bits per heavy atom. The van der Waals surface area contributed by atoms with Crippen molar-refractivity contribution in [3.05, 3.63) is 103 Å². The second-order valence-corrected chi connectivity index (χ2v) is 9.95. The van der Waals surface area contributed by atoms with Crippen molar-refractivity contribution in [2.24, 2.45) is 5.14 Å². The zero-order chi connectivity index (χ0) is 22.1. The van der Waals surface area contributed by atoms with E-state index >= 15 is 0 Å². The lowest BCUT2D eigenvalue weighted by Gasteiger charge is -2.11. The maximum Gasteiger partial charge on any atom is 0.238 e. The van der Waals surface area contributed by atoms with Gasteiger partial charge in [0.25, 0.3) is 0 Å². The molecule has 2 N–H and O–H groups in total. The molecule has 0 fully saturated rings. The van der Waals surface area contributed by atoms with E-state index in [1.54, 1.807) is 23.9 Å². The quantitative estimate of drug-likeness (QED) is 0.378. The van der Waals surface area contributed by atoms with Crippen molar-refractivity contribution in [2.75, 3.05) is 0 Å². The van der Waals surface area contributed by atoms with Gasteiger partial charge in [0.2, 0.25) is 10.0 Å². The number of aromatic nitrogens is 2. The van der Waals surface area contributed by atoms with Crippen molar-refractivity contribution in [3.63, 3.8) is 0 Å². The number of hydrogen-bond acceptors (Lipinski definition) is 4. The van der Waals surface area contributed by atoms with E-state index in [0.29, 0.717) is 0 Å². The summed E-state index contributed by atoms with van der Waals surface area (Å²) in [6.45, 7) is 0. The molecular weight excluding hydrogens is 438 g/mol. The fourth-order valence-corrected chi connectivity index (χ4v) is 4.92. The molecule has 0 saturated carbocycles. The van der Waals surface area contributed by atoms with E-state index in [4.69, 9.17) is 10.1 Å². The maximum absolute atomic E-state index is 11.6. The zero-order valence-electron chi connectivity index (χ0n) is 16.9. The number of benzene rings is 4. The van der Waals surface area contributed by atoms with Crippen LogP contribution in [0.25, 0.3) is 28.1 Å². The minimum absolute atomic E-state index is 0.0752. The molecule has 0 radical (unpaired) electrons. The first-order valence-electron chi connectivity index (χ1n) is 9.93. The molecule has 1 aromatic heterocycles. The highest BCUT2D eigenvalue weighted by atomic mass is 32.2. The third-order valence-electron chi connectivity index (χ3n) is 5.08. The van der Waals surface area contributed by atoms with Gasteiger partial charge in [-0.1, -0.05) is 42.1 Å². The Balaban J connectivity index is 1.58. The second-order valence-electron chi connectivity index (χ2n) is 7.24. The summed E-state index contributed by atoms with van der Waals surface area (Å²) in [5, 5.41) is 5.25. The van der Waals surface area contributed by atoms with Crippen LogP contribution in [0.15, 0.2) is 118 Å². The number of rotatable bonds is 5. The first kappa shape index (κ1) is 20.5. The highest BCUT2D eigenvalue weighted by molar-refractivity contribution is 7.99. The molecular formula is C25H19N3O2S2. The zero-order valence-corrected chi connectivity index (χ0v) is 18.6. The fraction of sp³-hybridized carbons (Fsp3) is 0. The van der Waals surface area contributed by atoms with Gasteiger partial charge >= 0.3 is 0 Å². The van der Waals surface area contributed by atoms with E-state index in [-0.39, 0.29) is 4.90 Å². The molecule has 0 aliphatic heterocycles. The molecule has 5 rings (SSSR count). The molecule has 5 nitrogen and oxygen atoms in total. The number of para-hydroxylation sites is 2. The number of nitrogens with two attached hydrogens (primary N) is 1. The molecule has 0 unspecified atom stereocenters. The Hall–Kier alpha value is -3.39. The van der Waals surface area contributed by atoms with Crippen LogP contribution in [0.1, 0.15) is 0 Å². The molecule has 0 saturated heterocycles. The average molecular weight is 458 g/mol. The van der Waals surface area contributed by atoms with Crippen LogP contribution >= 0.6 is 11.8 Å². The summed E-state index contributed by atoms with van der Waals surface area (Å²) in [5.41, 5.74) is 3.61. The third-order valence-corrected chi connectivity index (χ3v) is 7.02.